The number of hydrogen-bond donors (Lipinski definition) is 1. The van der Waals surface area contributed by atoms with E-state index in [1.54, 1.807) is 32.5 Å². The molecular weight excluding hydrogens is 327 g/mol. The van der Waals surface area contributed by atoms with E-state index in [1.807, 2.05) is 0 Å². The molecule has 0 aromatic heterocycles. The first-order chi connectivity index (χ1) is 10.6. The first-order valence-electron chi connectivity index (χ1n) is 7.29. The van der Waals surface area contributed by atoms with Crippen molar-refractivity contribution < 1.29 is 22.7 Å². The molecule has 1 N–H and O–H groups in total. The molecule has 0 atom stereocenters. The predicted molar refractivity (Wildman–Crippen MR) is 86.5 cm³/mol. The SMILES string of the molecule is CC(C)(C)OC(=O)NCCCSCc1ccc(C(F)(F)F)cc1. The van der Waals surface area contributed by atoms with Crippen LogP contribution in [0, 0.1) is 0 Å². The maximum atomic E-state index is 12.4. The number of benzene rings is 1. The van der Waals surface area contributed by atoms with Gasteiger partial charge in [0.1, 0.15) is 5.60 Å². The van der Waals surface area contributed by atoms with Crippen molar-refractivity contribution in [1.29, 1.82) is 0 Å². The van der Waals surface area contributed by atoms with Gasteiger partial charge in [0.25, 0.3) is 0 Å². The number of amides is 1. The summed E-state index contributed by atoms with van der Waals surface area (Å²) in [5.41, 5.74) is -0.294. The van der Waals surface area contributed by atoms with Gasteiger partial charge in [0.2, 0.25) is 0 Å². The number of alkyl halides is 3. The highest BCUT2D eigenvalue weighted by molar-refractivity contribution is 7.98. The van der Waals surface area contributed by atoms with Crippen LogP contribution in [-0.4, -0.2) is 24.0 Å². The van der Waals surface area contributed by atoms with Crippen molar-refractivity contribution >= 4 is 17.9 Å². The summed E-state index contributed by atoms with van der Waals surface area (Å²) < 4.78 is 42.4. The van der Waals surface area contributed by atoms with E-state index in [-0.39, 0.29) is 0 Å². The fourth-order valence-corrected chi connectivity index (χ4v) is 2.58. The largest absolute Gasteiger partial charge is 0.444 e. The Morgan fingerprint density at radius 3 is 2.30 bits per heavy atom. The molecule has 0 aliphatic rings. The molecule has 0 spiro atoms. The number of alkyl carbamates (subject to hydrolysis) is 1. The van der Waals surface area contributed by atoms with Gasteiger partial charge in [0, 0.05) is 12.3 Å². The van der Waals surface area contributed by atoms with Gasteiger partial charge in [-0.15, -0.1) is 0 Å². The molecule has 1 aromatic rings. The molecule has 0 saturated carbocycles. The molecule has 1 rings (SSSR count). The van der Waals surface area contributed by atoms with Crippen LogP contribution < -0.4 is 5.32 Å². The fraction of sp³-hybridized carbons (Fsp3) is 0.562. The molecule has 0 saturated heterocycles. The molecule has 0 fully saturated rings. The van der Waals surface area contributed by atoms with Gasteiger partial charge in [-0.3, -0.25) is 0 Å². The van der Waals surface area contributed by atoms with E-state index in [1.165, 1.54) is 12.1 Å². The number of hydrogen-bond acceptors (Lipinski definition) is 3. The summed E-state index contributed by atoms with van der Waals surface area (Å²) in [5.74, 6) is 1.45. The first kappa shape index (κ1) is 19.7. The average Bonchev–Trinajstić information content (AvgIpc) is 2.40. The molecule has 3 nitrogen and oxygen atoms in total. The maximum absolute atomic E-state index is 12.4. The van der Waals surface area contributed by atoms with Gasteiger partial charge in [0.05, 0.1) is 5.56 Å². The summed E-state index contributed by atoms with van der Waals surface area (Å²) in [5, 5.41) is 2.66. The lowest BCUT2D eigenvalue weighted by molar-refractivity contribution is -0.137. The molecule has 1 aromatic carbocycles. The molecule has 130 valence electrons. The smallest absolute Gasteiger partial charge is 0.416 e. The molecule has 0 aliphatic carbocycles. The van der Waals surface area contributed by atoms with Crippen molar-refractivity contribution in [3.8, 4) is 0 Å². The number of ether oxygens (including phenoxy) is 1. The van der Waals surface area contributed by atoms with Crippen LogP contribution in [0.25, 0.3) is 0 Å². The minimum absolute atomic E-state index is 0.440. The average molecular weight is 349 g/mol. The number of rotatable bonds is 6. The second kappa shape index (κ2) is 8.47. The van der Waals surface area contributed by atoms with Crippen molar-refractivity contribution in [3.05, 3.63) is 35.4 Å². The normalized spacial score (nSPS) is 12.1. The van der Waals surface area contributed by atoms with Crippen molar-refractivity contribution in [2.45, 2.75) is 44.7 Å². The highest BCUT2D eigenvalue weighted by atomic mass is 32.2. The molecule has 1 amide bonds. The monoisotopic (exact) mass is 349 g/mol. The van der Waals surface area contributed by atoms with Crippen molar-refractivity contribution in [2.24, 2.45) is 0 Å². The Labute approximate surface area is 139 Å². The Morgan fingerprint density at radius 1 is 1.17 bits per heavy atom. The fourth-order valence-electron chi connectivity index (χ4n) is 1.66. The van der Waals surface area contributed by atoms with E-state index in [9.17, 15) is 18.0 Å². The summed E-state index contributed by atoms with van der Waals surface area (Å²) in [6.07, 6.45) is -3.96. The van der Waals surface area contributed by atoms with Gasteiger partial charge in [-0.1, -0.05) is 12.1 Å². The third-order valence-electron chi connectivity index (χ3n) is 2.68. The Bertz CT molecular complexity index is 496. The number of thioether (sulfide) groups is 1. The van der Waals surface area contributed by atoms with Gasteiger partial charge in [-0.2, -0.15) is 24.9 Å². The van der Waals surface area contributed by atoms with Crippen LogP contribution in [0.2, 0.25) is 0 Å². The molecular formula is C16H22F3NO2S. The Morgan fingerprint density at radius 2 is 1.78 bits per heavy atom. The minimum atomic E-state index is -4.29. The van der Waals surface area contributed by atoms with Gasteiger partial charge in [-0.25, -0.2) is 4.79 Å². The van der Waals surface area contributed by atoms with Crippen molar-refractivity contribution in [2.75, 3.05) is 12.3 Å². The summed E-state index contributed by atoms with van der Waals surface area (Å²) in [6.45, 7) is 5.90. The van der Waals surface area contributed by atoms with Crippen LogP contribution in [0.4, 0.5) is 18.0 Å². The molecule has 0 unspecified atom stereocenters. The molecule has 0 heterocycles. The highest BCUT2D eigenvalue weighted by Gasteiger charge is 2.29. The van der Waals surface area contributed by atoms with Crippen LogP contribution >= 0.6 is 11.8 Å². The molecule has 7 heteroatoms. The minimum Gasteiger partial charge on any atom is -0.444 e. The molecule has 23 heavy (non-hydrogen) atoms. The van der Waals surface area contributed by atoms with Gasteiger partial charge < -0.3 is 10.1 Å². The number of halogens is 3. The predicted octanol–water partition coefficient (Wildman–Crippen LogP) is 4.85. The standard InChI is InChI=1S/C16H22F3NO2S/c1-15(2,3)22-14(21)20-9-4-10-23-11-12-5-7-13(8-6-12)16(17,18)19/h5-8H,4,9-11H2,1-3H3,(H,20,21). The molecule has 0 aliphatic heterocycles. The van der Waals surface area contributed by atoms with Crippen LogP contribution in [0.3, 0.4) is 0 Å². The summed E-state index contributed by atoms with van der Waals surface area (Å²) in [6, 6.07) is 5.18. The second-order valence-corrected chi connectivity index (χ2v) is 7.13. The lowest BCUT2D eigenvalue weighted by Crippen LogP contribution is -2.33. The quantitative estimate of drug-likeness (QED) is 0.746. The Balaban J connectivity index is 2.17. The third-order valence-corrected chi connectivity index (χ3v) is 3.80. The van der Waals surface area contributed by atoms with Crippen LogP contribution in [0.15, 0.2) is 24.3 Å². The van der Waals surface area contributed by atoms with E-state index in [4.69, 9.17) is 4.74 Å². The van der Waals surface area contributed by atoms with E-state index >= 15 is 0 Å². The van der Waals surface area contributed by atoms with E-state index in [0.717, 1.165) is 29.9 Å². The van der Waals surface area contributed by atoms with Crippen LogP contribution in [0.1, 0.15) is 38.3 Å². The van der Waals surface area contributed by atoms with E-state index in [2.05, 4.69) is 5.32 Å². The highest BCUT2D eigenvalue weighted by Crippen LogP contribution is 2.29. The van der Waals surface area contributed by atoms with Gasteiger partial charge in [0.15, 0.2) is 0 Å². The zero-order valence-electron chi connectivity index (χ0n) is 13.5. The van der Waals surface area contributed by atoms with Crippen molar-refractivity contribution in [1.82, 2.24) is 5.32 Å². The van der Waals surface area contributed by atoms with Crippen molar-refractivity contribution in [3.63, 3.8) is 0 Å². The summed E-state index contributed by atoms with van der Waals surface area (Å²) in [7, 11) is 0. The topological polar surface area (TPSA) is 38.3 Å². The number of nitrogens with one attached hydrogen (secondary N) is 1. The lowest BCUT2D eigenvalue weighted by Gasteiger charge is -2.19. The third kappa shape index (κ3) is 8.74. The number of carbonyl (C=O) groups excluding carboxylic acids is 1. The first-order valence-corrected chi connectivity index (χ1v) is 8.44. The van der Waals surface area contributed by atoms with Crippen LogP contribution in [0.5, 0.6) is 0 Å². The maximum Gasteiger partial charge on any atom is 0.416 e. The Kier molecular flexibility index (Phi) is 7.25. The Hall–Kier alpha value is -1.37. The number of carbonyl (C=O) groups is 1. The zero-order chi connectivity index (χ0) is 17.5. The van der Waals surface area contributed by atoms with E-state index in [0.29, 0.717) is 12.3 Å². The van der Waals surface area contributed by atoms with Gasteiger partial charge in [-0.05, 0) is 50.6 Å². The van der Waals surface area contributed by atoms with Gasteiger partial charge >= 0.3 is 12.3 Å². The second-order valence-electron chi connectivity index (χ2n) is 6.03. The lowest BCUT2D eigenvalue weighted by atomic mass is 10.1. The van der Waals surface area contributed by atoms with E-state index < -0.39 is 23.4 Å². The summed E-state index contributed by atoms with van der Waals surface area (Å²) in [4.78, 5) is 11.4. The molecule has 0 radical (unpaired) electrons. The summed E-state index contributed by atoms with van der Waals surface area (Å²) >= 11 is 1.61. The molecule has 0 bridgehead atoms. The zero-order valence-corrected chi connectivity index (χ0v) is 14.3. The van der Waals surface area contributed by atoms with Crippen LogP contribution in [-0.2, 0) is 16.7 Å².